The van der Waals surface area contributed by atoms with E-state index in [9.17, 15) is 22.8 Å². The van der Waals surface area contributed by atoms with Crippen molar-refractivity contribution in [3.05, 3.63) is 54.8 Å². The lowest BCUT2D eigenvalue weighted by molar-refractivity contribution is -0.120. The molecule has 9 nitrogen and oxygen atoms in total. The first-order valence-corrected chi connectivity index (χ1v) is 11.2. The monoisotopic (exact) mass is 484 g/mol. The molecule has 2 heterocycles. The van der Waals surface area contributed by atoms with Gasteiger partial charge in [0.25, 0.3) is 5.56 Å². The Morgan fingerprint density at radius 2 is 1.97 bits per heavy atom. The number of rotatable bonds is 4. The number of aryl methyl sites for hydroxylation is 2. The third-order valence-electron chi connectivity index (χ3n) is 4.85. The second kappa shape index (κ2) is 8.25. The van der Waals surface area contributed by atoms with Crippen molar-refractivity contribution in [3.8, 4) is 0 Å². The van der Waals surface area contributed by atoms with Crippen LogP contribution in [0.5, 0.6) is 0 Å². The molecule has 29 heavy (non-hydrogen) atoms. The fourth-order valence-corrected chi connectivity index (χ4v) is 5.34. The van der Waals surface area contributed by atoms with Gasteiger partial charge >= 0.3 is 5.69 Å². The fraction of sp³-hybridized carbons (Fsp3) is 0.389. The van der Waals surface area contributed by atoms with Crippen molar-refractivity contribution < 1.29 is 13.2 Å². The van der Waals surface area contributed by atoms with Gasteiger partial charge in [-0.25, -0.2) is 13.2 Å². The molecule has 0 aliphatic carbocycles. The van der Waals surface area contributed by atoms with Crippen LogP contribution < -0.4 is 16.6 Å². The number of H-pyrrole nitrogens is 2. The van der Waals surface area contributed by atoms with E-state index in [1.165, 1.54) is 6.92 Å². The van der Waals surface area contributed by atoms with Crippen LogP contribution in [0.25, 0.3) is 0 Å². The van der Waals surface area contributed by atoms with Gasteiger partial charge in [0.05, 0.1) is 5.92 Å². The third-order valence-corrected chi connectivity index (χ3v) is 7.76. The van der Waals surface area contributed by atoms with Crippen LogP contribution >= 0.6 is 15.9 Å². The maximum Gasteiger partial charge on any atom is 0.325 e. The van der Waals surface area contributed by atoms with E-state index < -0.39 is 32.1 Å². The minimum Gasteiger partial charge on any atom is -0.326 e. The summed E-state index contributed by atoms with van der Waals surface area (Å²) in [5.74, 6) is -0.830. The summed E-state index contributed by atoms with van der Waals surface area (Å²) < 4.78 is 28.0. The van der Waals surface area contributed by atoms with Crippen molar-refractivity contribution in [2.24, 2.45) is 5.92 Å². The van der Waals surface area contributed by atoms with Crippen LogP contribution in [0.4, 0.5) is 5.69 Å². The summed E-state index contributed by atoms with van der Waals surface area (Å²) in [6.45, 7) is 3.41. The summed E-state index contributed by atoms with van der Waals surface area (Å²) in [6.07, 6.45) is 1.02. The highest BCUT2D eigenvalue weighted by molar-refractivity contribution is 9.10. The van der Waals surface area contributed by atoms with Gasteiger partial charge in [-0.15, -0.1) is 0 Å². The van der Waals surface area contributed by atoms with Crippen LogP contribution in [0.2, 0.25) is 0 Å². The quantitative estimate of drug-likeness (QED) is 0.604. The van der Waals surface area contributed by atoms with E-state index in [-0.39, 0.29) is 24.7 Å². The summed E-state index contributed by atoms with van der Waals surface area (Å²) >= 11 is 3.40. The van der Waals surface area contributed by atoms with Gasteiger partial charge in [-0.1, -0.05) is 15.9 Å². The van der Waals surface area contributed by atoms with E-state index in [0.717, 1.165) is 14.3 Å². The molecule has 0 bridgehead atoms. The number of nitrogens with zero attached hydrogens (tertiary/aromatic N) is 1. The molecule has 1 aromatic heterocycles. The molecule has 2 aromatic rings. The molecule has 0 unspecified atom stereocenters. The predicted molar refractivity (Wildman–Crippen MR) is 111 cm³/mol. The van der Waals surface area contributed by atoms with E-state index in [1.807, 2.05) is 24.0 Å². The van der Waals surface area contributed by atoms with Crippen molar-refractivity contribution in [2.45, 2.75) is 31.6 Å². The van der Waals surface area contributed by atoms with Crippen molar-refractivity contribution in [1.29, 1.82) is 0 Å². The van der Waals surface area contributed by atoms with E-state index in [1.54, 1.807) is 6.07 Å². The first kappa shape index (κ1) is 21.5. The second-order valence-corrected chi connectivity index (χ2v) is 9.75. The van der Waals surface area contributed by atoms with Gasteiger partial charge in [0.15, 0.2) is 4.90 Å². The molecule has 1 aliphatic rings. The maximum atomic E-state index is 13.0. The molecule has 1 fully saturated rings. The Balaban J connectivity index is 1.81. The highest BCUT2D eigenvalue weighted by Crippen LogP contribution is 2.25. The van der Waals surface area contributed by atoms with Gasteiger partial charge in [-0.3, -0.25) is 14.6 Å². The van der Waals surface area contributed by atoms with Gasteiger partial charge in [0.1, 0.15) is 0 Å². The van der Waals surface area contributed by atoms with Crippen LogP contribution in [0, 0.1) is 19.8 Å². The molecule has 1 aromatic carbocycles. The lowest BCUT2D eigenvalue weighted by Crippen LogP contribution is -2.45. The van der Waals surface area contributed by atoms with Crippen molar-refractivity contribution in [1.82, 2.24) is 14.3 Å². The number of carbonyl (C=O) groups is 1. The van der Waals surface area contributed by atoms with Crippen molar-refractivity contribution in [2.75, 3.05) is 18.4 Å². The standard InChI is InChI=1S/C18H21BrN4O5S/c1-10-8-13(5-6-14(10)19)21-16(24)12-4-3-7-23(9-12)29(27,28)15-11(2)20-18(26)22-17(15)25/h5-6,8,12H,3-4,7,9H2,1-2H3,(H,21,24)(H2,20,22,25,26)/t12-/m0/s1. The minimum atomic E-state index is -4.16. The van der Waals surface area contributed by atoms with Crippen LogP contribution in [0.3, 0.4) is 0 Å². The maximum absolute atomic E-state index is 13.0. The molecule has 11 heteroatoms. The number of sulfonamides is 1. The molecule has 1 saturated heterocycles. The average Bonchev–Trinajstić information content (AvgIpc) is 2.63. The number of benzene rings is 1. The van der Waals surface area contributed by atoms with E-state index in [2.05, 4.69) is 26.2 Å². The van der Waals surface area contributed by atoms with E-state index in [0.29, 0.717) is 18.5 Å². The zero-order valence-electron chi connectivity index (χ0n) is 15.9. The number of amides is 1. The molecule has 3 rings (SSSR count). The summed E-state index contributed by atoms with van der Waals surface area (Å²) in [5.41, 5.74) is -0.182. The number of piperidine rings is 1. The Labute approximate surface area is 175 Å². The zero-order chi connectivity index (χ0) is 21.3. The zero-order valence-corrected chi connectivity index (χ0v) is 18.3. The van der Waals surface area contributed by atoms with Gasteiger partial charge in [-0.2, -0.15) is 4.31 Å². The molecule has 1 aliphatic heterocycles. The summed E-state index contributed by atoms with van der Waals surface area (Å²) in [7, 11) is -4.16. The molecule has 0 radical (unpaired) electrons. The molecule has 1 atom stereocenters. The Morgan fingerprint density at radius 3 is 2.62 bits per heavy atom. The lowest BCUT2D eigenvalue weighted by Gasteiger charge is -2.31. The normalized spacial score (nSPS) is 17.8. The molecule has 1 amide bonds. The van der Waals surface area contributed by atoms with Crippen LogP contribution in [0.1, 0.15) is 24.1 Å². The number of hydrogen-bond acceptors (Lipinski definition) is 5. The Hall–Kier alpha value is -2.24. The van der Waals surface area contributed by atoms with Crippen molar-refractivity contribution >= 4 is 37.5 Å². The smallest absolute Gasteiger partial charge is 0.325 e. The molecule has 0 saturated carbocycles. The predicted octanol–water partition coefficient (Wildman–Crippen LogP) is 1.48. The van der Waals surface area contributed by atoms with Gasteiger partial charge < -0.3 is 10.3 Å². The van der Waals surface area contributed by atoms with E-state index in [4.69, 9.17) is 0 Å². The largest absolute Gasteiger partial charge is 0.326 e. The number of aromatic amines is 2. The first-order valence-electron chi connectivity index (χ1n) is 9.00. The van der Waals surface area contributed by atoms with Gasteiger partial charge in [0.2, 0.25) is 15.9 Å². The Kier molecular flexibility index (Phi) is 6.11. The van der Waals surface area contributed by atoms with Crippen LogP contribution in [0.15, 0.2) is 37.2 Å². The number of anilines is 1. The van der Waals surface area contributed by atoms with E-state index >= 15 is 0 Å². The van der Waals surface area contributed by atoms with Crippen LogP contribution in [-0.2, 0) is 14.8 Å². The van der Waals surface area contributed by atoms with Crippen LogP contribution in [-0.4, -0.2) is 41.7 Å². The molecule has 3 N–H and O–H groups in total. The number of aromatic nitrogens is 2. The molecule has 0 spiro atoms. The number of hydrogen-bond donors (Lipinski definition) is 3. The lowest BCUT2D eigenvalue weighted by atomic mass is 9.98. The Morgan fingerprint density at radius 1 is 1.24 bits per heavy atom. The Bertz CT molecular complexity index is 1170. The fourth-order valence-electron chi connectivity index (χ4n) is 3.37. The summed E-state index contributed by atoms with van der Waals surface area (Å²) in [5, 5.41) is 2.83. The number of halogens is 1. The van der Waals surface area contributed by atoms with Crippen molar-refractivity contribution in [3.63, 3.8) is 0 Å². The second-order valence-electron chi connectivity index (χ2n) is 7.02. The first-order chi connectivity index (χ1) is 13.6. The SMILES string of the molecule is Cc1cc(NC(=O)[C@H]2CCCN(S(=O)(=O)c3c(C)[nH]c(=O)[nH]c3=O)C2)ccc1Br. The topological polar surface area (TPSA) is 132 Å². The summed E-state index contributed by atoms with van der Waals surface area (Å²) in [4.78, 5) is 39.9. The number of carbonyl (C=O) groups excluding carboxylic acids is 1. The average molecular weight is 485 g/mol. The van der Waals surface area contributed by atoms with Gasteiger partial charge in [0, 0.05) is 28.9 Å². The molecule has 156 valence electrons. The highest BCUT2D eigenvalue weighted by Gasteiger charge is 2.35. The summed E-state index contributed by atoms with van der Waals surface area (Å²) in [6, 6.07) is 5.41. The minimum absolute atomic E-state index is 0.0318. The highest BCUT2D eigenvalue weighted by atomic mass is 79.9. The molecular formula is C18H21BrN4O5S. The number of nitrogens with one attached hydrogen (secondary N) is 3. The molecular weight excluding hydrogens is 464 g/mol. The van der Waals surface area contributed by atoms with Gasteiger partial charge in [-0.05, 0) is 50.5 Å². The third kappa shape index (κ3) is 4.51.